The lowest BCUT2D eigenvalue weighted by molar-refractivity contribution is -0.151. The monoisotopic (exact) mass is 350 g/mol. The summed E-state index contributed by atoms with van der Waals surface area (Å²) in [4.78, 5) is 36.1. The van der Waals surface area contributed by atoms with Crippen LogP contribution in [0.2, 0.25) is 0 Å². The molecular weight excluding hydrogens is 324 g/mol. The van der Waals surface area contributed by atoms with Gasteiger partial charge in [-0.25, -0.2) is 4.79 Å². The molecule has 0 aliphatic heterocycles. The first-order chi connectivity index (χ1) is 11.8. The van der Waals surface area contributed by atoms with Crippen LogP contribution in [-0.4, -0.2) is 50.7 Å². The fraction of sp³-hybridized carbons (Fsp3) is 0.500. The maximum Gasteiger partial charge on any atom is 0.329 e. The summed E-state index contributed by atoms with van der Waals surface area (Å²) in [5.41, 5.74) is 1.42. The van der Waals surface area contributed by atoms with Crippen molar-refractivity contribution in [1.82, 2.24) is 10.6 Å². The lowest BCUT2D eigenvalue weighted by Gasteiger charge is -2.21. The fourth-order valence-corrected chi connectivity index (χ4v) is 2.08. The van der Waals surface area contributed by atoms with Crippen molar-refractivity contribution in [2.75, 3.05) is 26.9 Å². The van der Waals surface area contributed by atoms with Gasteiger partial charge in [-0.15, -0.1) is 0 Å². The molecule has 1 aromatic carbocycles. The highest BCUT2D eigenvalue weighted by Gasteiger charge is 2.26. The van der Waals surface area contributed by atoms with Gasteiger partial charge in [0.25, 0.3) is 11.8 Å². The maximum absolute atomic E-state index is 12.3. The van der Waals surface area contributed by atoms with Crippen LogP contribution in [0.15, 0.2) is 24.3 Å². The van der Waals surface area contributed by atoms with Crippen molar-refractivity contribution in [3.8, 4) is 0 Å². The largest absolute Gasteiger partial charge is 0.454 e. The molecule has 1 rings (SSSR count). The van der Waals surface area contributed by atoms with Gasteiger partial charge in [0.1, 0.15) is 6.04 Å². The summed E-state index contributed by atoms with van der Waals surface area (Å²) in [5, 5.41) is 5.22. The standard InChI is InChI=1S/C18H26N2O5/c1-12(2)16(18(23)25-11-15(21)19-8-9-24-4)20-17(22)14-7-5-6-13(3)10-14/h5-7,10,12,16H,8-9,11H2,1-4H3,(H,19,21)(H,20,22)/t16-/m0/s1. The van der Waals surface area contributed by atoms with Gasteiger partial charge in [0, 0.05) is 19.2 Å². The number of methoxy groups -OCH3 is 1. The molecule has 0 aliphatic carbocycles. The zero-order valence-corrected chi connectivity index (χ0v) is 15.1. The number of esters is 1. The summed E-state index contributed by atoms with van der Waals surface area (Å²) < 4.78 is 9.82. The van der Waals surface area contributed by atoms with Crippen LogP contribution in [0.4, 0.5) is 0 Å². The summed E-state index contributed by atoms with van der Waals surface area (Å²) in [7, 11) is 1.52. The van der Waals surface area contributed by atoms with Gasteiger partial charge < -0.3 is 20.1 Å². The van der Waals surface area contributed by atoms with Crippen LogP contribution in [0.1, 0.15) is 29.8 Å². The highest BCUT2D eigenvalue weighted by molar-refractivity contribution is 5.97. The van der Waals surface area contributed by atoms with E-state index in [1.54, 1.807) is 32.0 Å². The number of benzene rings is 1. The molecule has 138 valence electrons. The van der Waals surface area contributed by atoms with Gasteiger partial charge in [0.15, 0.2) is 6.61 Å². The van der Waals surface area contributed by atoms with E-state index in [4.69, 9.17) is 9.47 Å². The Morgan fingerprint density at radius 2 is 1.92 bits per heavy atom. The summed E-state index contributed by atoms with van der Waals surface area (Å²) in [6.45, 7) is 5.78. The molecule has 2 amide bonds. The van der Waals surface area contributed by atoms with Crippen LogP contribution in [0.3, 0.4) is 0 Å². The van der Waals surface area contributed by atoms with Crippen LogP contribution in [0, 0.1) is 12.8 Å². The second-order valence-corrected chi connectivity index (χ2v) is 6.02. The van der Waals surface area contributed by atoms with Crippen molar-refractivity contribution >= 4 is 17.8 Å². The highest BCUT2D eigenvalue weighted by atomic mass is 16.5. The minimum atomic E-state index is -0.834. The van der Waals surface area contributed by atoms with E-state index in [0.29, 0.717) is 18.7 Å². The Labute approximate surface area is 148 Å². The molecule has 0 fully saturated rings. The predicted molar refractivity (Wildman–Crippen MR) is 93.1 cm³/mol. The molecule has 1 atom stereocenters. The van der Waals surface area contributed by atoms with Crippen LogP contribution < -0.4 is 10.6 Å². The topological polar surface area (TPSA) is 93.7 Å². The van der Waals surface area contributed by atoms with Crippen molar-refractivity contribution in [1.29, 1.82) is 0 Å². The van der Waals surface area contributed by atoms with E-state index < -0.39 is 24.5 Å². The normalized spacial score (nSPS) is 11.7. The van der Waals surface area contributed by atoms with Gasteiger partial charge in [-0.3, -0.25) is 9.59 Å². The van der Waals surface area contributed by atoms with Crippen LogP contribution in [-0.2, 0) is 19.1 Å². The molecular formula is C18H26N2O5. The van der Waals surface area contributed by atoms with Crippen molar-refractivity contribution in [3.63, 3.8) is 0 Å². The molecule has 25 heavy (non-hydrogen) atoms. The third-order valence-electron chi connectivity index (χ3n) is 3.46. The Hall–Kier alpha value is -2.41. The third-order valence-corrected chi connectivity index (χ3v) is 3.46. The molecule has 0 unspecified atom stereocenters. The molecule has 0 heterocycles. The summed E-state index contributed by atoms with van der Waals surface area (Å²) in [6, 6.07) is 6.24. The Bertz CT molecular complexity index is 601. The zero-order chi connectivity index (χ0) is 18.8. The van der Waals surface area contributed by atoms with Crippen LogP contribution >= 0.6 is 0 Å². The van der Waals surface area contributed by atoms with E-state index in [0.717, 1.165) is 5.56 Å². The number of hydrogen-bond donors (Lipinski definition) is 2. The van der Waals surface area contributed by atoms with Crippen LogP contribution in [0.25, 0.3) is 0 Å². The van der Waals surface area contributed by atoms with E-state index in [1.807, 2.05) is 13.0 Å². The number of ether oxygens (including phenoxy) is 2. The van der Waals surface area contributed by atoms with Crippen molar-refractivity contribution in [2.24, 2.45) is 5.92 Å². The maximum atomic E-state index is 12.3. The summed E-state index contributed by atoms with van der Waals surface area (Å²) in [5.74, 6) is -1.60. The first-order valence-corrected chi connectivity index (χ1v) is 8.15. The van der Waals surface area contributed by atoms with Crippen molar-refractivity contribution in [3.05, 3.63) is 35.4 Å². The second-order valence-electron chi connectivity index (χ2n) is 6.02. The molecule has 1 aromatic rings. The molecule has 0 radical (unpaired) electrons. The summed E-state index contributed by atoms with van der Waals surface area (Å²) >= 11 is 0. The minimum absolute atomic E-state index is 0.183. The van der Waals surface area contributed by atoms with Crippen molar-refractivity contribution < 1.29 is 23.9 Å². The number of carbonyl (C=O) groups is 3. The first kappa shape index (κ1) is 20.6. The molecule has 7 heteroatoms. The first-order valence-electron chi connectivity index (χ1n) is 8.15. The Balaban J connectivity index is 2.59. The highest BCUT2D eigenvalue weighted by Crippen LogP contribution is 2.08. The van der Waals surface area contributed by atoms with Gasteiger partial charge in [-0.2, -0.15) is 0 Å². The van der Waals surface area contributed by atoms with E-state index in [9.17, 15) is 14.4 Å². The smallest absolute Gasteiger partial charge is 0.329 e. The predicted octanol–water partition coefficient (Wildman–Crippen LogP) is 1.06. The van der Waals surface area contributed by atoms with Crippen LogP contribution in [0.5, 0.6) is 0 Å². The quantitative estimate of drug-likeness (QED) is 0.513. The lowest BCUT2D eigenvalue weighted by atomic mass is 10.0. The number of amides is 2. The third kappa shape index (κ3) is 7.34. The van der Waals surface area contributed by atoms with E-state index in [2.05, 4.69) is 10.6 Å². The van der Waals surface area contributed by atoms with Gasteiger partial charge in [0.2, 0.25) is 0 Å². The molecule has 0 bridgehead atoms. The number of aryl methyl sites for hydroxylation is 1. The molecule has 0 saturated heterocycles. The van der Waals surface area contributed by atoms with E-state index >= 15 is 0 Å². The van der Waals surface area contributed by atoms with Crippen molar-refractivity contribution in [2.45, 2.75) is 26.8 Å². The number of rotatable bonds is 9. The Kier molecular flexibility index (Phi) is 8.63. The molecule has 7 nitrogen and oxygen atoms in total. The van der Waals surface area contributed by atoms with E-state index in [-0.39, 0.29) is 11.8 Å². The molecule has 0 aliphatic rings. The Morgan fingerprint density at radius 1 is 1.20 bits per heavy atom. The van der Waals surface area contributed by atoms with Gasteiger partial charge >= 0.3 is 5.97 Å². The Morgan fingerprint density at radius 3 is 2.52 bits per heavy atom. The molecule has 0 saturated carbocycles. The average molecular weight is 350 g/mol. The van der Waals surface area contributed by atoms with Gasteiger partial charge in [-0.1, -0.05) is 31.5 Å². The van der Waals surface area contributed by atoms with E-state index in [1.165, 1.54) is 7.11 Å². The van der Waals surface area contributed by atoms with Gasteiger partial charge in [-0.05, 0) is 25.0 Å². The molecule has 2 N–H and O–H groups in total. The fourth-order valence-electron chi connectivity index (χ4n) is 2.08. The number of nitrogens with one attached hydrogen (secondary N) is 2. The SMILES string of the molecule is COCCNC(=O)COC(=O)[C@@H](NC(=O)c1cccc(C)c1)C(C)C. The lowest BCUT2D eigenvalue weighted by Crippen LogP contribution is -2.46. The number of carbonyl (C=O) groups excluding carboxylic acids is 3. The summed E-state index contributed by atoms with van der Waals surface area (Å²) in [6.07, 6.45) is 0. The minimum Gasteiger partial charge on any atom is -0.454 e. The van der Waals surface area contributed by atoms with Gasteiger partial charge in [0.05, 0.1) is 6.61 Å². The zero-order valence-electron chi connectivity index (χ0n) is 15.1. The second kappa shape index (κ2) is 10.5. The molecule has 0 spiro atoms. The number of hydrogen-bond acceptors (Lipinski definition) is 5. The average Bonchev–Trinajstić information content (AvgIpc) is 2.57. The molecule has 0 aromatic heterocycles.